The van der Waals surface area contributed by atoms with Gasteiger partial charge in [-0.05, 0) is 86.6 Å². The van der Waals surface area contributed by atoms with E-state index in [1.54, 1.807) is 35.4 Å². The maximum Gasteiger partial charge on any atom is 0.253 e. The normalized spacial score (nSPS) is 12.7. The Hall–Kier alpha value is -3.59. The lowest BCUT2D eigenvalue weighted by Crippen LogP contribution is -2.45. The molecule has 0 radical (unpaired) electrons. The number of hydrogen-bond acceptors (Lipinski definition) is 4. The second-order valence-corrected chi connectivity index (χ2v) is 9.63. The second-order valence-electron chi connectivity index (χ2n) is 9.63. The van der Waals surface area contributed by atoms with Crippen molar-refractivity contribution in [3.05, 3.63) is 88.2 Å². The Bertz CT molecular complexity index is 1190. The molecule has 2 amide bonds. The molecule has 0 aliphatic heterocycles. The number of aliphatic hydroxyl groups is 1. The highest BCUT2D eigenvalue weighted by molar-refractivity contribution is 6.00. The first kappa shape index (κ1) is 29.0. The fraction of sp³-hybridized carbons (Fsp3) is 0.414. The highest BCUT2D eigenvalue weighted by Crippen LogP contribution is 2.17. The van der Waals surface area contributed by atoms with E-state index in [2.05, 4.69) is 15.5 Å². The van der Waals surface area contributed by atoms with Crippen LogP contribution >= 0.6 is 0 Å². The maximum absolute atomic E-state index is 13.8. The van der Waals surface area contributed by atoms with Crippen LogP contribution in [0.15, 0.2) is 48.7 Å². The van der Waals surface area contributed by atoms with Crippen LogP contribution in [0.3, 0.4) is 0 Å². The average molecular weight is 527 g/mol. The van der Waals surface area contributed by atoms with Crippen molar-refractivity contribution in [3.63, 3.8) is 0 Å². The van der Waals surface area contributed by atoms with Crippen molar-refractivity contribution in [2.75, 3.05) is 13.1 Å². The fourth-order valence-corrected chi connectivity index (χ4v) is 4.52. The number of halogens is 2. The van der Waals surface area contributed by atoms with E-state index in [-0.39, 0.29) is 24.3 Å². The number of aryl methyl sites for hydroxylation is 2. The number of carbonyl (C=O) groups is 2. The summed E-state index contributed by atoms with van der Waals surface area (Å²) in [5.41, 5.74) is 2.57. The summed E-state index contributed by atoms with van der Waals surface area (Å²) in [7, 11) is 0. The average Bonchev–Trinajstić information content (AvgIpc) is 3.39. The number of aromatic nitrogens is 2. The van der Waals surface area contributed by atoms with E-state index in [4.69, 9.17) is 0 Å². The number of rotatable bonds is 13. The van der Waals surface area contributed by atoms with Crippen LogP contribution in [0.2, 0.25) is 0 Å². The number of aliphatic hydroxyl groups excluding tert-OH is 1. The fourth-order valence-electron chi connectivity index (χ4n) is 4.52. The molecule has 0 bridgehead atoms. The molecule has 204 valence electrons. The molecule has 3 rings (SSSR count). The number of amides is 2. The zero-order valence-electron chi connectivity index (χ0n) is 22.1. The first-order valence-electron chi connectivity index (χ1n) is 13.0. The van der Waals surface area contributed by atoms with E-state index in [0.29, 0.717) is 30.6 Å². The molecule has 2 aromatic carbocycles. The predicted octanol–water partition coefficient (Wildman–Crippen LogP) is 4.59. The molecule has 1 aromatic heterocycles. The molecule has 1 heterocycles. The van der Waals surface area contributed by atoms with Crippen LogP contribution in [0.25, 0.3) is 0 Å². The molecule has 0 spiro atoms. The van der Waals surface area contributed by atoms with Gasteiger partial charge in [-0.25, -0.2) is 8.78 Å². The lowest BCUT2D eigenvalue weighted by Gasteiger charge is -2.25. The number of nitrogens with one attached hydrogen (secondary N) is 2. The summed E-state index contributed by atoms with van der Waals surface area (Å²) in [5, 5.41) is 20.6. The van der Waals surface area contributed by atoms with E-state index in [1.165, 1.54) is 12.1 Å². The maximum atomic E-state index is 13.8. The van der Waals surface area contributed by atoms with Gasteiger partial charge in [-0.2, -0.15) is 5.10 Å². The van der Waals surface area contributed by atoms with Gasteiger partial charge >= 0.3 is 0 Å². The zero-order chi connectivity index (χ0) is 27.7. The SMILES string of the molecule is CCCN(CCC)C(=O)c1cc(C)cc(C(=O)NC(Cc2cc(F)cc(F)c2)C(O)CCc2ccn[nH]2)c1. The molecule has 38 heavy (non-hydrogen) atoms. The van der Waals surface area contributed by atoms with Gasteiger partial charge < -0.3 is 15.3 Å². The van der Waals surface area contributed by atoms with E-state index in [9.17, 15) is 23.5 Å². The summed E-state index contributed by atoms with van der Waals surface area (Å²) in [5.74, 6) is -2.09. The Morgan fingerprint density at radius 2 is 1.68 bits per heavy atom. The van der Waals surface area contributed by atoms with Crippen LogP contribution in [0.4, 0.5) is 8.78 Å². The van der Waals surface area contributed by atoms with Gasteiger partial charge in [0.05, 0.1) is 12.1 Å². The summed E-state index contributed by atoms with van der Waals surface area (Å²) in [6, 6.07) is 9.08. The van der Waals surface area contributed by atoms with Gasteiger partial charge in [0, 0.05) is 42.2 Å². The first-order valence-corrected chi connectivity index (χ1v) is 13.0. The highest BCUT2D eigenvalue weighted by Gasteiger charge is 2.24. The third-order valence-corrected chi connectivity index (χ3v) is 6.29. The Morgan fingerprint density at radius 1 is 1.03 bits per heavy atom. The van der Waals surface area contributed by atoms with Crippen LogP contribution in [0.1, 0.15) is 70.6 Å². The first-order chi connectivity index (χ1) is 18.2. The molecule has 9 heteroatoms. The lowest BCUT2D eigenvalue weighted by molar-refractivity contribution is 0.0755. The monoisotopic (exact) mass is 526 g/mol. The Kier molecular flexibility index (Phi) is 10.5. The van der Waals surface area contributed by atoms with Crippen molar-refractivity contribution in [2.45, 2.75) is 65.0 Å². The van der Waals surface area contributed by atoms with Crippen LogP contribution in [-0.2, 0) is 12.8 Å². The van der Waals surface area contributed by atoms with Gasteiger partial charge in [0.2, 0.25) is 0 Å². The van der Waals surface area contributed by atoms with Crippen molar-refractivity contribution in [1.82, 2.24) is 20.4 Å². The third kappa shape index (κ3) is 8.21. The van der Waals surface area contributed by atoms with Gasteiger partial charge in [-0.1, -0.05) is 13.8 Å². The molecule has 0 fully saturated rings. The van der Waals surface area contributed by atoms with Crippen molar-refractivity contribution in [1.29, 1.82) is 0 Å². The Balaban J connectivity index is 1.83. The molecule has 7 nitrogen and oxygen atoms in total. The minimum atomic E-state index is -1.01. The number of carbonyl (C=O) groups excluding carboxylic acids is 2. The topological polar surface area (TPSA) is 98.3 Å². The van der Waals surface area contributed by atoms with Gasteiger partial charge in [0.25, 0.3) is 11.8 Å². The van der Waals surface area contributed by atoms with Crippen LogP contribution < -0.4 is 5.32 Å². The second kappa shape index (κ2) is 13.8. The van der Waals surface area contributed by atoms with Crippen molar-refractivity contribution < 1.29 is 23.5 Å². The largest absolute Gasteiger partial charge is 0.391 e. The number of H-pyrrole nitrogens is 1. The van der Waals surface area contributed by atoms with E-state index in [0.717, 1.165) is 30.2 Å². The highest BCUT2D eigenvalue weighted by atomic mass is 19.1. The summed E-state index contributed by atoms with van der Waals surface area (Å²) >= 11 is 0. The van der Waals surface area contributed by atoms with Gasteiger partial charge in [-0.3, -0.25) is 14.7 Å². The predicted molar refractivity (Wildman–Crippen MR) is 142 cm³/mol. The zero-order valence-corrected chi connectivity index (χ0v) is 22.1. The molecule has 0 saturated heterocycles. The van der Waals surface area contributed by atoms with Gasteiger partial charge in [0.15, 0.2) is 0 Å². The summed E-state index contributed by atoms with van der Waals surface area (Å²) < 4.78 is 27.7. The summed E-state index contributed by atoms with van der Waals surface area (Å²) in [4.78, 5) is 28.3. The van der Waals surface area contributed by atoms with Crippen molar-refractivity contribution in [2.24, 2.45) is 0 Å². The summed E-state index contributed by atoms with van der Waals surface area (Å²) in [6.07, 6.45) is 3.01. The smallest absolute Gasteiger partial charge is 0.253 e. The van der Waals surface area contributed by atoms with Gasteiger partial charge in [-0.15, -0.1) is 0 Å². The van der Waals surface area contributed by atoms with Crippen LogP contribution in [0.5, 0.6) is 0 Å². The number of benzene rings is 2. The lowest BCUT2D eigenvalue weighted by atomic mass is 9.96. The molecule has 0 aliphatic rings. The number of aromatic amines is 1. The molecule has 3 aromatic rings. The molecule has 0 saturated carbocycles. The Morgan fingerprint density at radius 3 is 2.29 bits per heavy atom. The summed E-state index contributed by atoms with van der Waals surface area (Å²) in [6.45, 7) is 7.07. The minimum Gasteiger partial charge on any atom is -0.391 e. The minimum absolute atomic E-state index is 0.0168. The van der Waals surface area contributed by atoms with Gasteiger partial charge in [0.1, 0.15) is 11.6 Å². The Labute approximate surface area is 222 Å². The molecular formula is C29H36F2N4O3. The molecule has 2 unspecified atom stereocenters. The third-order valence-electron chi connectivity index (χ3n) is 6.29. The standard InChI is InChI=1S/C29H36F2N4O3/c1-4-10-35(11-5-2)29(38)22-13-19(3)12-21(17-22)28(37)33-26(16-20-14-23(30)18-24(31)15-20)27(36)7-6-25-8-9-32-34-25/h8-9,12-15,17-18,26-27,36H,4-7,10-11,16H2,1-3H3,(H,32,34)(H,33,37). The van der Waals surface area contributed by atoms with Crippen molar-refractivity contribution >= 4 is 11.8 Å². The van der Waals surface area contributed by atoms with Crippen LogP contribution in [0, 0.1) is 18.6 Å². The molecular weight excluding hydrogens is 490 g/mol. The molecule has 0 aliphatic carbocycles. The molecule has 2 atom stereocenters. The van der Waals surface area contributed by atoms with E-state index >= 15 is 0 Å². The molecule has 3 N–H and O–H groups in total. The van der Waals surface area contributed by atoms with Crippen LogP contribution in [-0.4, -0.2) is 57.3 Å². The quantitative estimate of drug-likeness (QED) is 0.303. The number of hydrogen-bond donors (Lipinski definition) is 3. The number of nitrogens with zero attached hydrogens (tertiary/aromatic N) is 2. The van der Waals surface area contributed by atoms with E-state index in [1.807, 2.05) is 20.8 Å². The van der Waals surface area contributed by atoms with Crippen molar-refractivity contribution in [3.8, 4) is 0 Å². The van der Waals surface area contributed by atoms with E-state index < -0.39 is 29.7 Å².